The first-order chi connectivity index (χ1) is 8.54. The van der Waals surface area contributed by atoms with Crippen molar-refractivity contribution in [3.8, 4) is 0 Å². The van der Waals surface area contributed by atoms with Crippen LogP contribution >= 0.6 is 0 Å². The minimum atomic E-state index is -1.75. The molecule has 5 nitrogen and oxygen atoms in total. The van der Waals surface area contributed by atoms with Crippen LogP contribution in [0, 0.1) is 5.82 Å². The molecule has 0 amide bonds. The van der Waals surface area contributed by atoms with Crippen molar-refractivity contribution >= 4 is 0 Å². The van der Waals surface area contributed by atoms with Gasteiger partial charge in [-0.05, 0) is 13.0 Å². The number of aliphatic hydroxyl groups is 2. The molecule has 0 fully saturated rings. The monoisotopic (exact) mass is 251 g/mol. The van der Waals surface area contributed by atoms with Crippen molar-refractivity contribution < 1.29 is 14.6 Å². The van der Waals surface area contributed by atoms with Crippen LogP contribution < -0.4 is 0 Å². The SMILES string of the molecule is C[C@H](O)[C@](O)(Cn1cncn1)c1ccccc1F. The number of aliphatic hydroxyl groups excluding tert-OH is 1. The zero-order valence-electron chi connectivity index (χ0n) is 9.86. The Labute approximate surface area is 104 Å². The lowest BCUT2D eigenvalue weighted by atomic mass is 9.88. The maximum atomic E-state index is 13.8. The smallest absolute Gasteiger partial charge is 0.137 e. The van der Waals surface area contributed by atoms with Crippen molar-refractivity contribution in [1.82, 2.24) is 14.8 Å². The van der Waals surface area contributed by atoms with E-state index in [-0.39, 0.29) is 12.1 Å². The first-order valence-electron chi connectivity index (χ1n) is 5.52. The van der Waals surface area contributed by atoms with E-state index in [1.807, 2.05) is 0 Å². The van der Waals surface area contributed by atoms with E-state index in [1.54, 1.807) is 6.07 Å². The molecule has 0 saturated heterocycles. The summed E-state index contributed by atoms with van der Waals surface area (Å²) in [5.74, 6) is -0.569. The standard InChI is InChI=1S/C12H14FN3O2/c1-9(17)12(18,6-16-8-14-7-15-16)10-4-2-3-5-11(10)13/h2-5,7-9,17-18H,6H2,1H3/t9-,12+/m0/s1. The molecule has 2 atom stereocenters. The number of rotatable bonds is 4. The summed E-state index contributed by atoms with van der Waals surface area (Å²) in [7, 11) is 0. The second-order valence-electron chi connectivity index (χ2n) is 4.17. The molecule has 0 aliphatic rings. The van der Waals surface area contributed by atoms with Gasteiger partial charge in [0, 0.05) is 5.56 Å². The number of nitrogens with zero attached hydrogens (tertiary/aromatic N) is 3. The Kier molecular flexibility index (Phi) is 3.40. The van der Waals surface area contributed by atoms with E-state index >= 15 is 0 Å². The van der Waals surface area contributed by atoms with Gasteiger partial charge in [0.05, 0.1) is 12.6 Å². The molecule has 0 spiro atoms. The molecule has 0 aliphatic carbocycles. The summed E-state index contributed by atoms with van der Waals surface area (Å²) in [6.45, 7) is 1.33. The molecule has 6 heteroatoms. The molecule has 0 bridgehead atoms. The summed E-state index contributed by atoms with van der Waals surface area (Å²) in [4.78, 5) is 3.75. The molecule has 96 valence electrons. The average molecular weight is 251 g/mol. The normalized spacial score (nSPS) is 16.2. The van der Waals surface area contributed by atoms with E-state index in [0.717, 1.165) is 0 Å². The van der Waals surface area contributed by atoms with Crippen molar-refractivity contribution in [2.24, 2.45) is 0 Å². The molecule has 0 unspecified atom stereocenters. The maximum Gasteiger partial charge on any atom is 0.137 e. The van der Waals surface area contributed by atoms with Gasteiger partial charge in [-0.3, -0.25) is 0 Å². The van der Waals surface area contributed by atoms with Gasteiger partial charge in [-0.2, -0.15) is 5.10 Å². The third kappa shape index (κ3) is 2.25. The van der Waals surface area contributed by atoms with E-state index in [4.69, 9.17) is 0 Å². The summed E-state index contributed by atoms with van der Waals surface area (Å²) in [6, 6.07) is 5.81. The van der Waals surface area contributed by atoms with E-state index in [0.29, 0.717) is 0 Å². The Hall–Kier alpha value is -1.79. The summed E-state index contributed by atoms with van der Waals surface area (Å²) in [5.41, 5.74) is -1.71. The van der Waals surface area contributed by atoms with E-state index in [9.17, 15) is 14.6 Å². The third-order valence-corrected chi connectivity index (χ3v) is 2.90. The van der Waals surface area contributed by atoms with E-state index in [1.165, 1.54) is 42.5 Å². The Morgan fingerprint density at radius 3 is 2.72 bits per heavy atom. The minimum absolute atomic E-state index is 0.0375. The number of hydrogen-bond acceptors (Lipinski definition) is 4. The first-order valence-corrected chi connectivity index (χ1v) is 5.52. The molecule has 0 saturated carbocycles. The molecular weight excluding hydrogens is 237 g/mol. The lowest BCUT2D eigenvalue weighted by molar-refractivity contribution is -0.0873. The van der Waals surface area contributed by atoms with Crippen molar-refractivity contribution in [2.45, 2.75) is 25.2 Å². The zero-order valence-corrected chi connectivity index (χ0v) is 9.86. The van der Waals surface area contributed by atoms with Crippen molar-refractivity contribution in [1.29, 1.82) is 0 Å². The van der Waals surface area contributed by atoms with Gasteiger partial charge in [-0.15, -0.1) is 0 Å². The van der Waals surface area contributed by atoms with Crippen LogP contribution in [0.1, 0.15) is 12.5 Å². The highest BCUT2D eigenvalue weighted by Gasteiger charge is 2.37. The van der Waals surface area contributed by atoms with Crippen LogP contribution in [0.25, 0.3) is 0 Å². The van der Waals surface area contributed by atoms with Crippen LogP contribution in [0.5, 0.6) is 0 Å². The molecule has 2 aromatic rings. The summed E-state index contributed by atoms with van der Waals surface area (Å²) < 4.78 is 15.1. The van der Waals surface area contributed by atoms with Crippen molar-refractivity contribution in [3.63, 3.8) is 0 Å². The summed E-state index contributed by atoms with van der Waals surface area (Å²) >= 11 is 0. The van der Waals surface area contributed by atoms with Gasteiger partial charge in [-0.25, -0.2) is 14.1 Å². The topological polar surface area (TPSA) is 71.2 Å². The predicted octanol–water partition coefficient (Wildman–Crippen LogP) is 0.686. The Balaban J connectivity index is 2.41. The Morgan fingerprint density at radius 1 is 1.44 bits per heavy atom. The molecule has 18 heavy (non-hydrogen) atoms. The van der Waals surface area contributed by atoms with Crippen LogP contribution in [0.4, 0.5) is 4.39 Å². The average Bonchev–Trinajstić information content (AvgIpc) is 2.81. The Bertz CT molecular complexity index is 516. The molecule has 2 N–H and O–H groups in total. The summed E-state index contributed by atoms with van der Waals surface area (Å²) in [5, 5.41) is 24.2. The van der Waals surface area contributed by atoms with Gasteiger partial charge in [-0.1, -0.05) is 18.2 Å². The van der Waals surface area contributed by atoms with Gasteiger partial charge >= 0.3 is 0 Å². The quantitative estimate of drug-likeness (QED) is 0.838. The second kappa shape index (κ2) is 4.83. The van der Waals surface area contributed by atoms with Gasteiger partial charge in [0.2, 0.25) is 0 Å². The van der Waals surface area contributed by atoms with Crippen molar-refractivity contribution in [3.05, 3.63) is 48.3 Å². The van der Waals surface area contributed by atoms with Crippen LogP contribution in [0.2, 0.25) is 0 Å². The lowest BCUT2D eigenvalue weighted by Gasteiger charge is -2.31. The molecule has 0 aliphatic heterocycles. The number of benzene rings is 1. The minimum Gasteiger partial charge on any atom is -0.390 e. The van der Waals surface area contributed by atoms with Gasteiger partial charge in [0.1, 0.15) is 24.1 Å². The number of aromatic nitrogens is 3. The Morgan fingerprint density at radius 2 is 2.17 bits per heavy atom. The highest BCUT2D eigenvalue weighted by molar-refractivity contribution is 5.25. The molecule has 1 aromatic carbocycles. The summed E-state index contributed by atoms with van der Waals surface area (Å²) in [6.07, 6.45) is 1.55. The maximum absolute atomic E-state index is 13.8. The fourth-order valence-corrected chi connectivity index (χ4v) is 1.82. The van der Waals surface area contributed by atoms with Gasteiger partial charge < -0.3 is 10.2 Å². The van der Waals surface area contributed by atoms with E-state index < -0.39 is 17.5 Å². The van der Waals surface area contributed by atoms with Gasteiger partial charge in [0.15, 0.2) is 0 Å². The molecular formula is C12H14FN3O2. The highest BCUT2D eigenvalue weighted by Crippen LogP contribution is 2.29. The number of halogens is 1. The largest absolute Gasteiger partial charge is 0.390 e. The van der Waals surface area contributed by atoms with Crippen LogP contribution in [0.3, 0.4) is 0 Å². The van der Waals surface area contributed by atoms with E-state index in [2.05, 4.69) is 10.1 Å². The van der Waals surface area contributed by atoms with Crippen LogP contribution in [-0.2, 0) is 12.1 Å². The zero-order chi connectivity index (χ0) is 13.2. The highest BCUT2D eigenvalue weighted by atomic mass is 19.1. The predicted molar refractivity (Wildman–Crippen MR) is 62.0 cm³/mol. The molecule has 2 rings (SSSR count). The second-order valence-corrected chi connectivity index (χ2v) is 4.17. The van der Waals surface area contributed by atoms with Crippen LogP contribution in [-0.4, -0.2) is 31.1 Å². The fraction of sp³-hybridized carbons (Fsp3) is 0.333. The number of hydrogen-bond donors (Lipinski definition) is 2. The third-order valence-electron chi connectivity index (χ3n) is 2.90. The van der Waals surface area contributed by atoms with Crippen molar-refractivity contribution in [2.75, 3.05) is 0 Å². The molecule has 0 radical (unpaired) electrons. The first kappa shape index (κ1) is 12.7. The lowest BCUT2D eigenvalue weighted by Crippen LogP contribution is -2.42. The molecule has 1 aromatic heterocycles. The fourth-order valence-electron chi connectivity index (χ4n) is 1.82. The molecule has 1 heterocycles. The van der Waals surface area contributed by atoms with Crippen LogP contribution in [0.15, 0.2) is 36.9 Å². The van der Waals surface area contributed by atoms with Gasteiger partial charge in [0.25, 0.3) is 0 Å².